The number of carboxylic acids is 1. The van der Waals surface area contributed by atoms with E-state index < -0.39 is 17.7 Å². The van der Waals surface area contributed by atoms with Gasteiger partial charge in [-0.15, -0.1) is 0 Å². The van der Waals surface area contributed by atoms with Crippen molar-refractivity contribution in [1.82, 2.24) is 4.98 Å². The van der Waals surface area contributed by atoms with Crippen LogP contribution in [0.3, 0.4) is 0 Å². The summed E-state index contributed by atoms with van der Waals surface area (Å²) in [5, 5.41) is 10.4. The van der Waals surface area contributed by atoms with Gasteiger partial charge in [0, 0.05) is 5.39 Å². The molecule has 0 bridgehead atoms. The van der Waals surface area contributed by atoms with E-state index in [1.54, 1.807) is 36.4 Å². The van der Waals surface area contributed by atoms with E-state index in [1.165, 1.54) is 6.07 Å². The first-order valence-electron chi connectivity index (χ1n) is 9.27. The lowest BCUT2D eigenvalue weighted by atomic mass is 9.80. The van der Waals surface area contributed by atoms with Gasteiger partial charge in [-0.3, -0.25) is 0 Å². The number of halogens is 3. The van der Waals surface area contributed by atoms with Gasteiger partial charge in [0.25, 0.3) is 0 Å². The van der Waals surface area contributed by atoms with Crippen molar-refractivity contribution >= 4 is 28.5 Å². The van der Waals surface area contributed by atoms with E-state index in [1.807, 2.05) is 6.92 Å². The van der Waals surface area contributed by atoms with E-state index >= 15 is 0 Å². The molecule has 4 rings (SSSR count). The van der Waals surface area contributed by atoms with Gasteiger partial charge in [-0.2, -0.15) is 13.2 Å². The van der Waals surface area contributed by atoms with Gasteiger partial charge in [0.05, 0.1) is 22.3 Å². The average Bonchev–Trinajstić information content (AvgIpc) is 2.65. The van der Waals surface area contributed by atoms with Crippen LogP contribution in [0.4, 0.5) is 13.2 Å². The number of hydrogen-bond acceptors (Lipinski definition) is 2. The summed E-state index contributed by atoms with van der Waals surface area (Å²) >= 11 is 0. The summed E-state index contributed by atoms with van der Waals surface area (Å²) in [5.74, 6) is -0.868. The van der Waals surface area contributed by atoms with E-state index in [-0.39, 0.29) is 11.5 Å². The Morgan fingerprint density at radius 1 is 1.14 bits per heavy atom. The van der Waals surface area contributed by atoms with Crippen molar-refractivity contribution in [3.8, 4) is 0 Å². The molecule has 1 aliphatic rings. The third-order valence-electron chi connectivity index (χ3n) is 5.19. The van der Waals surface area contributed by atoms with Gasteiger partial charge in [0.1, 0.15) is 0 Å². The Hall–Kier alpha value is -3.15. The van der Waals surface area contributed by atoms with Crippen molar-refractivity contribution < 1.29 is 23.1 Å². The minimum Gasteiger partial charge on any atom is -0.478 e. The molecule has 1 aromatic heterocycles. The van der Waals surface area contributed by atoms with E-state index in [4.69, 9.17) is 0 Å². The lowest BCUT2D eigenvalue weighted by Gasteiger charge is -2.26. The van der Waals surface area contributed by atoms with Gasteiger partial charge in [-0.05, 0) is 59.7 Å². The van der Waals surface area contributed by atoms with Gasteiger partial charge < -0.3 is 5.11 Å². The standard InChI is InChI=1S/C23H18F3NO2/c1-13-9-15(11-14-5-4-6-16(12-14)23(24,25)26)21-18(10-13)20(22(28)29)17-7-2-3-8-19(17)27-21/h2-8,11-13H,9-10H2,1H3,(H,28,29)/b15-11+/t13-/m0/s1. The molecule has 0 radical (unpaired) electrons. The van der Waals surface area contributed by atoms with E-state index in [0.717, 1.165) is 17.7 Å². The van der Waals surface area contributed by atoms with Crippen molar-refractivity contribution in [2.24, 2.45) is 5.92 Å². The monoisotopic (exact) mass is 397 g/mol. The highest BCUT2D eigenvalue weighted by molar-refractivity contribution is 6.05. The number of fused-ring (bicyclic) bond motifs is 2. The van der Waals surface area contributed by atoms with E-state index in [0.29, 0.717) is 40.6 Å². The molecule has 3 aromatic rings. The molecular formula is C23H18F3NO2. The quantitative estimate of drug-likeness (QED) is 0.571. The maximum atomic E-state index is 13.1. The van der Waals surface area contributed by atoms with Crippen LogP contribution in [0.25, 0.3) is 22.6 Å². The fourth-order valence-electron chi connectivity index (χ4n) is 3.99. The number of pyridine rings is 1. The first-order chi connectivity index (χ1) is 13.7. The maximum absolute atomic E-state index is 13.1. The number of alkyl halides is 3. The molecule has 0 saturated heterocycles. The number of hydrogen-bond donors (Lipinski definition) is 1. The van der Waals surface area contributed by atoms with E-state index in [9.17, 15) is 23.1 Å². The van der Waals surface area contributed by atoms with Gasteiger partial charge in [-0.1, -0.05) is 37.3 Å². The van der Waals surface area contributed by atoms with Gasteiger partial charge in [0.15, 0.2) is 0 Å². The van der Waals surface area contributed by atoms with Crippen LogP contribution >= 0.6 is 0 Å². The predicted octanol–water partition coefficient (Wildman–Crippen LogP) is 6.07. The molecule has 3 nitrogen and oxygen atoms in total. The van der Waals surface area contributed by atoms with Crippen LogP contribution in [0, 0.1) is 5.92 Å². The van der Waals surface area contributed by atoms with Crippen LogP contribution in [0.15, 0.2) is 48.5 Å². The van der Waals surface area contributed by atoms with Crippen molar-refractivity contribution in [2.45, 2.75) is 25.9 Å². The third-order valence-corrected chi connectivity index (χ3v) is 5.19. The molecule has 2 aromatic carbocycles. The number of allylic oxidation sites excluding steroid dienone is 1. The van der Waals surface area contributed by atoms with Crippen LogP contribution in [-0.2, 0) is 12.6 Å². The fourth-order valence-corrected chi connectivity index (χ4v) is 3.99. The number of aromatic nitrogens is 1. The molecule has 1 N–H and O–H groups in total. The Morgan fingerprint density at radius 2 is 1.90 bits per heavy atom. The zero-order valence-electron chi connectivity index (χ0n) is 15.6. The maximum Gasteiger partial charge on any atom is 0.416 e. The van der Waals surface area contributed by atoms with Crippen LogP contribution in [0.5, 0.6) is 0 Å². The molecule has 1 aliphatic carbocycles. The van der Waals surface area contributed by atoms with Crippen LogP contribution in [0.2, 0.25) is 0 Å². The number of aromatic carboxylic acids is 1. The zero-order chi connectivity index (χ0) is 20.8. The summed E-state index contributed by atoms with van der Waals surface area (Å²) in [6, 6.07) is 12.2. The Balaban J connectivity index is 1.93. The van der Waals surface area contributed by atoms with Gasteiger partial charge in [-0.25, -0.2) is 9.78 Å². The highest BCUT2D eigenvalue weighted by Crippen LogP contribution is 2.39. The summed E-state index contributed by atoms with van der Waals surface area (Å²) in [7, 11) is 0. The highest BCUT2D eigenvalue weighted by atomic mass is 19.4. The first-order valence-corrected chi connectivity index (χ1v) is 9.27. The largest absolute Gasteiger partial charge is 0.478 e. The predicted molar refractivity (Wildman–Crippen MR) is 106 cm³/mol. The molecule has 0 saturated carbocycles. The zero-order valence-corrected chi connectivity index (χ0v) is 15.6. The van der Waals surface area contributed by atoms with Crippen molar-refractivity contribution in [2.75, 3.05) is 0 Å². The summed E-state index contributed by atoms with van der Waals surface area (Å²) < 4.78 is 39.2. The van der Waals surface area contributed by atoms with Crippen molar-refractivity contribution in [3.63, 3.8) is 0 Å². The molecule has 0 amide bonds. The Labute approximate surface area is 165 Å². The Kier molecular flexibility index (Phi) is 4.65. The molecule has 1 atom stereocenters. The smallest absolute Gasteiger partial charge is 0.416 e. The second kappa shape index (κ2) is 7.03. The highest BCUT2D eigenvalue weighted by Gasteiger charge is 2.31. The number of rotatable bonds is 2. The molecule has 148 valence electrons. The van der Waals surface area contributed by atoms with Crippen LogP contribution < -0.4 is 0 Å². The minimum atomic E-state index is -4.42. The molecule has 6 heteroatoms. The normalized spacial score (nSPS) is 18.1. The second-order valence-electron chi connectivity index (χ2n) is 7.44. The average molecular weight is 397 g/mol. The summed E-state index contributed by atoms with van der Waals surface area (Å²) in [5.41, 5.74) is 2.46. The Morgan fingerprint density at radius 3 is 2.62 bits per heavy atom. The summed E-state index contributed by atoms with van der Waals surface area (Å²) in [4.78, 5) is 16.7. The molecular weight excluding hydrogens is 379 g/mol. The fraction of sp³-hybridized carbons (Fsp3) is 0.217. The Bertz CT molecular complexity index is 1150. The van der Waals surface area contributed by atoms with E-state index in [2.05, 4.69) is 4.98 Å². The number of carbonyl (C=O) groups is 1. The lowest BCUT2D eigenvalue weighted by Crippen LogP contribution is -2.17. The van der Waals surface area contributed by atoms with Crippen molar-refractivity contribution in [3.05, 3.63) is 76.5 Å². The summed E-state index contributed by atoms with van der Waals surface area (Å²) in [6.07, 6.45) is -1.54. The molecule has 1 heterocycles. The molecule has 0 aliphatic heterocycles. The number of nitrogens with zero attached hydrogens (tertiary/aromatic N) is 1. The SMILES string of the molecule is C[C@H]1C/C(=C\c2cccc(C(F)(F)F)c2)c2nc3ccccc3c(C(=O)O)c2C1. The molecule has 0 spiro atoms. The number of benzene rings is 2. The second-order valence-corrected chi connectivity index (χ2v) is 7.44. The lowest BCUT2D eigenvalue weighted by molar-refractivity contribution is -0.137. The van der Waals surface area contributed by atoms with Gasteiger partial charge in [0.2, 0.25) is 0 Å². The van der Waals surface area contributed by atoms with Crippen LogP contribution in [-0.4, -0.2) is 16.1 Å². The summed E-state index contributed by atoms with van der Waals surface area (Å²) in [6.45, 7) is 2.00. The number of carboxylic acid groups (broad SMARTS) is 1. The van der Waals surface area contributed by atoms with Crippen LogP contribution in [0.1, 0.15) is 46.1 Å². The number of para-hydroxylation sites is 1. The molecule has 0 fully saturated rings. The first kappa shape index (κ1) is 19.2. The van der Waals surface area contributed by atoms with Gasteiger partial charge >= 0.3 is 12.1 Å². The topological polar surface area (TPSA) is 50.2 Å². The third kappa shape index (κ3) is 3.62. The minimum absolute atomic E-state index is 0.153. The molecule has 29 heavy (non-hydrogen) atoms. The van der Waals surface area contributed by atoms with Crippen molar-refractivity contribution in [1.29, 1.82) is 0 Å². The molecule has 0 unspecified atom stereocenters.